The van der Waals surface area contributed by atoms with Gasteiger partial charge in [-0.25, -0.2) is 0 Å². The molecule has 1 unspecified atom stereocenters. The molecule has 0 aromatic rings. The number of carbonyl (C=O) groups is 1. The molecule has 0 aromatic heterocycles. The zero-order valence-electron chi connectivity index (χ0n) is 10.1. The standard InChI is InChI=1S/C10H19NO.C2H6/c1-3-9(8-6-5-7-8)10(12)11-4-2;1-2/h8-9H,3-7H2,1-2H3,(H,11,12);1-2H3. The van der Waals surface area contributed by atoms with E-state index < -0.39 is 0 Å². The first-order chi connectivity index (χ1) is 6.79. The van der Waals surface area contributed by atoms with E-state index in [4.69, 9.17) is 0 Å². The van der Waals surface area contributed by atoms with Gasteiger partial charge in [-0.1, -0.05) is 27.2 Å². The Bertz CT molecular complexity index is 152. The lowest BCUT2D eigenvalue weighted by Gasteiger charge is -2.32. The van der Waals surface area contributed by atoms with Crippen LogP contribution in [0.3, 0.4) is 0 Å². The van der Waals surface area contributed by atoms with Crippen molar-refractivity contribution in [3.05, 3.63) is 0 Å². The van der Waals surface area contributed by atoms with Crippen LogP contribution >= 0.6 is 0 Å². The van der Waals surface area contributed by atoms with Crippen molar-refractivity contribution in [2.75, 3.05) is 6.54 Å². The Morgan fingerprint density at radius 2 is 1.93 bits per heavy atom. The lowest BCUT2D eigenvalue weighted by Crippen LogP contribution is -2.36. The summed E-state index contributed by atoms with van der Waals surface area (Å²) in [5.41, 5.74) is 0. The van der Waals surface area contributed by atoms with E-state index in [1.807, 2.05) is 20.8 Å². The highest BCUT2D eigenvalue weighted by atomic mass is 16.1. The number of amides is 1. The zero-order chi connectivity index (χ0) is 11.0. The second kappa shape index (κ2) is 7.84. The third-order valence-corrected chi connectivity index (χ3v) is 2.85. The summed E-state index contributed by atoms with van der Waals surface area (Å²) in [6, 6.07) is 0. The molecule has 1 fully saturated rings. The monoisotopic (exact) mass is 199 g/mol. The fraction of sp³-hybridized carbons (Fsp3) is 0.917. The first-order valence-electron chi connectivity index (χ1n) is 6.07. The van der Waals surface area contributed by atoms with E-state index in [0.717, 1.165) is 13.0 Å². The fourth-order valence-corrected chi connectivity index (χ4v) is 1.88. The predicted molar refractivity (Wildman–Crippen MR) is 61.2 cm³/mol. The van der Waals surface area contributed by atoms with Gasteiger partial charge in [-0.2, -0.15) is 0 Å². The van der Waals surface area contributed by atoms with Crippen LogP contribution in [0.4, 0.5) is 0 Å². The van der Waals surface area contributed by atoms with E-state index in [1.54, 1.807) is 0 Å². The van der Waals surface area contributed by atoms with Gasteiger partial charge in [0.05, 0.1) is 0 Å². The summed E-state index contributed by atoms with van der Waals surface area (Å²) in [5, 5.41) is 2.91. The molecule has 1 saturated carbocycles. The summed E-state index contributed by atoms with van der Waals surface area (Å²) in [7, 11) is 0. The van der Waals surface area contributed by atoms with Gasteiger partial charge in [0.15, 0.2) is 0 Å². The first-order valence-corrected chi connectivity index (χ1v) is 6.07. The van der Waals surface area contributed by atoms with Gasteiger partial charge in [-0.3, -0.25) is 4.79 Å². The van der Waals surface area contributed by atoms with Crippen LogP contribution in [0.2, 0.25) is 0 Å². The van der Waals surface area contributed by atoms with Gasteiger partial charge in [-0.05, 0) is 32.1 Å². The summed E-state index contributed by atoms with van der Waals surface area (Å²) in [6.45, 7) is 8.85. The summed E-state index contributed by atoms with van der Waals surface area (Å²) in [5.74, 6) is 1.24. The quantitative estimate of drug-likeness (QED) is 0.741. The SMILES string of the molecule is CC.CCNC(=O)C(CC)C1CCC1. The Balaban J connectivity index is 0.000000791. The predicted octanol–water partition coefficient (Wildman–Crippen LogP) is 2.98. The third kappa shape index (κ3) is 3.69. The molecular formula is C12H25NO. The van der Waals surface area contributed by atoms with Crippen molar-refractivity contribution >= 4 is 5.91 Å². The molecule has 1 rings (SSSR count). The van der Waals surface area contributed by atoms with Crippen LogP contribution in [-0.4, -0.2) is 12.5 Å². The van der Waals surface area contributed by atoms with Gasteiger partial charge in [0.25, 0.3) is 0 Å². The molecule has 0 spiro atoms. The van der Waals surface area contributed by atoms with E-state index in [-0.39, 0.29) is 5.91 Å². The molecule has 0 radical (unpaired) electrons. The van der Waals surface area contributed by atoms with Crippen molar-refractivity contribution in [2.45, 2.75) is 53.4 Å². The normalized spacial score (nSPS) is 17.4. The number of carbonyl (C=O) groups excluding carboxylic acids is 1. The molecule has 0 aromatic carbocycles. The van der Waals surface area contributed by atoms with Crippen molar-refractivity contribution in [3.8, 4) is 0 Å². The first kappa shape index (κ1) is 13.5. The molecule has 0 bridgehead atoms. The molecule has 0 aliphatic heterocycles. The Morgan fingerprint density at radius 1 is 1.36 bits per heavy atom. The average Bonchev–Trinajstić information content (AvgIpc) is 2.14. The van der Waals surface area contributed by atoms with E-state index >= 15 is 0 Å². The maximum absolute atomic E-state index is 11.5. The second-order valence-electron chi connectivity index (χ2n) is 3.60. The van der Waals surface area contributed by atoms with Gasteiger partial charge >= 0.3 is 0 Å². The number of hydrogen-bond acceptors (Lipinski definition) is 1. The summed E-state index contributed by atoms with van der Waals surface area (Å²) >= 11 is 0. The third-order valence-electron chi connectivity index (χ3n) is 2.85. The molecular weight excluding hydrogens is 174 g/mol. The largest absolute Gasteiger partial charge is 0.356 e. The molecule has 2 nitrogen and oxygen atoms in total. The lowest BCUT2D eigenvalue weighted by atomic mass is 9.74. The Kier molecular flexibility index (Phi) is 7.54. The van der Waals surface area contributed by atoms with Gasteiger partial charge < -0.3 is 5.32 Å². The molecule has 14 heavy (non-hydrogen) atoms. The molecule has 0 heterocycles. The highest BCUT2D eigenvalue weighted by Crippen LogP contribution is 2.35. The Hall–Kier alpha value is -0.530. The average molecular weight is 199 g/mol. The summed E-state index contributed by atoms with van der Waals surface area (Å²) < 4.78 is 0. The van der Waals surface area contributed by atoms with E-state index in [2.05, 4.69) is 12.2 Å². The van der Waals surface area contributed by atoms with Crippen LogP contribution < -0.4 is 5.32 Å². The van der Waals surface area contributed by atoms with Gasteiger partial charge in [0, 0.05) is 12.5 Å². The number of nitrogens with one attached hydrogen (secondary N) is 1. The smallest absolute Gasteiger partial charge is 0.223 e. The van der Waals surface area contributed by atoms with Crippen molar-refractivity contribution < 1.29 is 4.79 Å². The zero-order valence-corrected chi connectivity index (χ0v) is 10.1. The van der Waals surface area contributed by atoms with E-state index in [0.29, 0.717) is 11.8 Å². The molecule has 1 aliphatic carbocycles. The molecule has 1 N–H and O–H groups in total. The molecule has 1 amide bonds. The fourth-order valence-electron chi connectivity index (χ4n) is 1.88. The van der Waals surface area contributed by atoms with Crippen molar-refractivity contribution in [2.24, 2.45) is 11.8 Å². The van der Waals surface area contributed by atoms with Crippen LogP contribution in [0.5, 0.6) is 0 Å². The van der Waals surface area contributed by atoms with E-state index in [9.17, 15) is 4.79 Å². The molecule has 2 heteroatoms. The summed E-state index contributed by atoms with van der Waals surface area (Å²) in [6.07, 6.45) is 4.84. The summed E-state index contributed by atoms with van der Waals surface area (Å²) in [4.78, 5) is 11.5. The van der Waals surface area contributed by atoms with Crippen LogP contribution in [0.15, 0.2) is 0 Å². The highest BCUT2D eigenvalue weighted by molar-refractivity contribution is 5.78. The molecule has 1 atom stereocenters. The van der Waals surface area contributed by atoms with Gasteiger partial charge in [-0.15, -0.1) is 0 Å². The topological polar surface area (TPSA) is 29.1 Å². The van der Waals surface area contributed by atoms with Crippen molar-refractivity contribution in [1.29, 1.82) is 0 Å². The number of rotatable bonds is 4. The maximum atomic E-state index is 11.5. The van der Waals surface area contributed by atoms with Gasteiger partial charge in [0.2, 0.25) is 5.91 Å². The Labute approximate surface area is 88.5 Å². The van der Waals surface area contributed by atoms with Crippen LogP contribution in [0.25, 0.3) is 0 Å². The molecule has 1 aliphatic rings. The maximum Gasteiger partial charge on any atom is 0.223 e. The minimum atomic E-state index is 0.268. The van der Waals surface area contributed by atoms with Crippen molar-refractivity contribution in [3.63, 3.8) is 0 Å². The van der Waals surface area contributed by atoms with E-state index in [1.165, 1.54) is 19.3 Å². The highest BCUT2D eigenvalue weighted by Gasteiger charge is 2.30. The lowest BCUT2D eigenvalue weighted by molar-refractivity contribution is -0.127. The number of hydrogen-bond donors (Lipinski definition) is 1. The molecule has 0 saturated heterocycles. The Morgan fingerprint density at radius 3 is 2.21 bits per heavy atom. The minimum absolute atomic E-state index is 0.268. The van der Waals surface area contributed by atoms with Crippen LogP contribution in [-0.2, 0) is 4.79 Å². The van der Waals surface area contributed by atoms with Crippen LogP contribution in [0, 0.1) is 11.8 Å². The minimum Gasteiger partial charge on any atom is -0.356 e. The van der Waals surface area contributed by atoms with Crippen molar-refractivity contribution in [1.82, 2.24) is 5.32 Å². The second-order valence-corrected chi connectivity index (χ2v) is 3.60. The molecule has 84 valence electrons. The van der Waals surface area contributed by atoms with Gasteiger partial charge in [0.1, 0.15) is 0 Å². The van der Waals surface area contributed by atoms with Crippen LogP contribution in [0.1, 0.15) is 53.4 Å².